The lowest BCUT2D eigenvalue weighted by atomic mass is 9.93. The molecule has 1 amide bonds. The summed E-state index contributed by atoms with van der Waals surface area (Å²) in [5, 5.41) is 11.1. The van der Waals surface area contributed by atoms with Crippen molar-refractivity contribution in [3.63, 3.8) is 0 Å². The van der Waals surface area contributed by atoms with Gasteiger partial charge in [0.25, 0.3) is 11.8 Å². The highest BCUT2D eigenvalue weighted by molar-refractivity contribution is 7.93. The number of alkyl halides is 2. The number of nitrogens with zero attached hydrogens (tertiary/aromatic N) is 4. The lowest BCUT2D eigenvalue weighted by Crippen LogP contribution is -2.57. The zero-order chi connectivity index (χ0) is 27.3. The molecular formula is C25H32F2N6O4S. The Balaban J connectivity index is 1.41. The molecule has 13 heteroatoms. The Hall–Kier alpha value is -3.06. The topological polar surface area (TPSA) is 128 Å². The molecule has 1 unspecified atom stereocenters. The van der Waals surface area contributed by atoms with E-state index in [0.29, 0.717) is 28.0 Å². The van der Waals surface area contributed by atoms with Crippen molar-refractivity contribution < 1.29 is 27.1 Å². The van der Waals surface area contributed by atoms with Crippen LogP contribution in [0.4, 0.5) is 31.9 Å². The number of amides is 1. The number of carbonyl (C=O) groups excluding carboxylic acids is 1. The van der Waals surface area contributed by atoms with Gasteiger partial charge >= 0.3 is 0 Å². The quantitative estimate of drug-likeness (QED) is 0.458. The van der Waals surface area contributed by atoms with Crippen LogP contribution in [-0.4, -0.2) is 73.4 Å². The molecule has 2 aromatic rings. The minimum Gasteiger partial charge on any atom is -0.395 e. The Morgan fingerprint density at radius 1 is 1.11 bits per heavy atom. The molecule has 5 rings (SSSR count). The fourth-order valence-electron chi connectivity index (χ4n) is 4.91. The SMILES string of the molecule is Cc1cc(NC(=O)c2ccc(NS(=O)(=O)C(C)CO)cc2N2CCC3(CC2)CC3)nc(N2CC(F)(F)C2)n1. The first kappa shape index (κ1) is 26.5. The summed E-state index contributed by atoms with van der Waals surface area (Å²) in [4.78, 5) is 25.4. The molecular weight excluding hydrogens is 518 g/mol. The number of aliphatic hydroxyl groups is 1. The first-order valence-corrected chi connectivity index (χ1v) is 14.2. The number of halogens is 2. The number of piperidine rings is 1. The second-order valence-corrected chi connectivity index (χ2v) is 12.8. The molecule has 206 valence electrons. The monoisotopic (exact) mass is 550 g/mol. The molecule has 0 radical (unpaired) electrons. The Bertz CT molecular complexity index is 1330. The van der Waals surface area contributed by atoms with Crippen molar-refractivity contribution >= 4 is 39.1 Å². The second kappa shape index (κ2) is 9.60. The van der Waals surface area contributed by atoms with Crippen LogP contribution in [0.25, 0.3) is 0 Å². The van der Waals surface area contributed by atoms with E-state index in [0.717, 1.165) is 25.9 Å². The predicted octanol–water partition coefficient (Wildman–Crippen LogP) is 3.00. The van der Waals surface area contributed by atoms with Crippen molar-refractivity contribution in [3.8, 4) is 0 Å². The van der Waals surface area contributed by atoms with Crippen LogP contribution < -0.4 is 19.8 Å². The van der Waals surface area contributed by atoms with Gasteiger partial charge in [-0.25, -0.2) is 22.2 Å². The smallest absolute Gasteiger partial charge is 0.282 e. The molecule has 1 aromatic heterocycles. The maximum absolute atomic E-state index is 13.4. The van der Waals surface area contributed by atoms with Gasteiger partial charge in [0.15, 0.2) is 0 Å². The normalized spacial score (nSPS) is 20.6. The van der Waals surface area contributed by atoms with Crippen molar-refractivity contribution in [3.05, 3.63) is 35.5 Å². The third-order valence-corrected chi connectivity index (χ3v) is 9.35. The van der Waals surface area contributed by atoms with E-state index in [-0.39, 0.29) is 11.8 Å². The minimum absolute atomic E-state index is 0.125. The molecule has 3 heterocycles. The average Bonchev–Trinajstić information content (AvgIpc) is 3.60. The summed E-state index contributed by atoms with van der Waals surface area (Å²) in [6.45, 7) is 3.11. The van der Waals surface area contributed by atoms with Gasteiger partial charge in [0.1, 0.15) is 11.1 Å². The average molecular weight is 551 g/mol. The van der Waals surface area contributed by atoms with Gasteiger partial charge in [-0.2, -0.15) is 4.98 Å². The minimum atomic E-state index is -3.82. The molecule has 1 spiro atoms. The molecule has 1 aromatic carbocycles. The van der Waals surface area contributed by atoms with Crippen molar-refractivity contribution in [1.82, 2.24) is 9.97 Å². The zero-order valence-electron chi connectivity index (χ0n) is 21.4. The molecule has 10 nitrogen and oxygen atoms in total. The van der Waals surface area contributed by atoms with E-state index in [1.165, 1.54) is 30.7 Å². The van der Waals surface area contributed by atoms with Crippen LogP contribution >= 0.6 is 0 Å². The van der Waals surface area contributed by atoms with Crippen LogP contribution in [0, 0.1) is 12.3 Å². The van der Waals surface area contributed by atoms with Gasteiger partial charge in [0.2, 0.25) is 16.0 Å². The third-order valence-electron chi connectivity index (χ3n) is 7.62. The van der Waals surface area contributed by atoms with Gasteiger partial charge in [-0.05, 0) is 63.1 Å². The summed E-state index contributed by atoms with van der Waals surface area (Å²) < 4.78 is 54.3. The number of aliphatic hydroxyl groups excluding tert-OH is 1. The molecule has 2 saturated heterocycles. The number of anilines is 4. The zero-order valence-corrected chi connectivity index (χ0v) is 22.2. The summed E-state index contributed by atoms with van der Waals surface area (Å²) in [7, 11) is -3.82. The van der Waals surface area contributed by atoms with Crippen LogP contribution in [0.15, 0.2) is 24.3 Å². The van der Waals surface area contributed by atoms with Gasteiger partial charge in [0.05, 0.1) is 36.6 Å². The van der Waals surface area contributed by atoms with E-state index in [1.807, 2.05) is 0 Å². The summed E-state index contributed by atoms with van der Waals surface area (Å²) >= 11 is 0. The summed E-state index contributed by atoms with van der Waals surface area (Å²) in [5.41, 5.74) is 2.14. The number of aromatic nitrogens is 2. The number of aryl methyl sites for hydroxylation is 1. The van der Waals surface area contributed by atoms with Gasteiger partial charge < -0.3 is 20.2 Å². The second-order valence-electron chi connectivity index (χ2n) is 10.7. The van der Waals surface area contributed by atoms with E-state index in [1.54, 1.807) is 25.1 Å². The summed E-state index contributed by atoms with van der Waals surface area (Å²) in [6, 6.07) is 6.26. The Kier molecular flexibility index (Phi) is 6.70. The lowest BCUT2D eigenvalue weighted by Gasteiger charge is -2.38. The van der Waals surface area contributed by atoms with E-state index in [2.05, 4.69) is 24.9 Å². The Labute approximate surface area is 220 Å². The van der Waals surface area contributed by atoms with Crippen LogP contribution in [0.1, 0.15) is 48.7 Å². The number of hydrogen-bond acceptors (Lipinski definition) is 8. The van der Waals surface area contributed by atoms with E-state index >= 15 is 0 Å². The molecule has 2 aliphatic heterocycles. The fourth-order valence-corrected chi connectivity index (χ4v) is 5.76. The molecule has 1 aliphatic carbocycles. The number of carbonyl (C=O) groups is 1. The lowest BCUT2D eigenvalue weighted by molar-refractivity contribution is -0.0271. The largest absolute Gasteiger partial charge is 0.395 e. The van der Waals surface area contributed by atoms with Gasteiger partial charge in [0, 0.05) is 24.8 Å². The van der Waals surface area contributed by atoms with E-state index in [9.17, 15) is 27.1 Å². The van der Waals surface area contributed by atoms with Gasteiger partial charge in [-0.1, -0.05) is 0 Å². The maximum Gasteiger partial charge on any atom is 0.282 e. The molecule has 38 heavy (non-hydrogen) atoms. The molecule has 0 bridgehead atoms. The molecule has 3 N–H and O–H groups in total. The van der Waals surface area contributed by atoms with Crippen LogP contribution in [0.5, 0.6) is 0 Å². The highest BCUT2D eigenvalue weighted by atomic mass is 32.2. The third kappa shape index (κ3) is 5.53. The van der Waals surface area contributed by atoms with Crippen molar-refractivity contribution in [2.24, 2.45) is 5.41 Å². The number of sulfonamides is 1. The number of nitrogens with one attached hydrogen (secondary N) is 2. The first-order chi connectivity index (χ1) is 17.9. The number of benzene rings is 1. The number of hydrogen-bond donors (Lipinski definition) is 3. The summed E-state index contributed by atoms with van der Waals surface area (Å²) in [6.07, 6.45) is 4.43. The van der Waals surface area contributed by atoms with Crippen LogP contribution in [0.3, 0.4) is 0 Å². The molecule has 1 atom stereocenters. The van der Waals surface area contributed by atoms with Gasteiger partial charge in [-0.3, -0.25) is 9.52 Å². The van der Waals surface area contributed by atoms with Crippen LogP contribution in [-0.2, 0) is 10.0 Å². The predicted molar refractivity (Wildman–Crippen MR) is 141 cm³/mol. The maximum atomic E-state index is 13.4. The van der Waals surface area contributed by atoms with Crippen LogP contribution in [0.2, 0.25) is 0 Å². The standard InChI is InChI=1S/C25H32F2N6O4S/c1-16-11-21(30-23(28-16)33-14-25(26,27)15-33)29-22(35)19-4-3-18(31-38(36,37)17(2)13-34)12-20(19)32-9-7-24(5-6-24)8-10-32/h3-4,11-12,17,31,34H,5-10,13-15H2,1-2H3,(H,28,29,30,35). The highest BCUT2D eigenvalue weighted by Gasteiger charge is 2.46. The van der Waals surface area contributed by atoms with Crippen molar-refractivity contribution in [1.29, 1.82) is 0 Å². The highest BCUT2D eigenvalue weighted by Crippen LogP contribution is 2.54. The fraction of sp³-hybridized carbons (Fsp3) is 0.560. The van der Waals surface area contributed by atoms with Crippen molar-refractivity contribution in [2.45, 2.75) is 50.7 Å². The molecule has 1 saturated carbocycles. The molecule has 3 aliphatic rings. The molecule has 3 fully saturated rings. The van der Waals surface area contributed by atoms with Crippen molar-refractivity contribution in [2.75, 3.05) is 52.6 Å². The Morgan fingerprint density at radius 3 is 2.39 bits per heavy atom. The van der Waals surface area contributed by atoms with Gasteiger partial charge in [-0.15, -0.1) is 0 Å². The van der Waals surface area contributed by atoms with E-state index < -0.39 is 46.8 Å². The first-order valence-electron chi connectivity index (χ1n) is 12.7. The summed E-state index contributed by atoms with van der Waals surface area (Å²) in [5.74, 6) is -2.92. The van der Waals surface area contributed by atoms with E-state index in [4.69, 9.17) is 0 Å². The number of rotatable bonds is 8. The Morgan fingerprint density at radius 2 is 1.79 bits per heavy atom.